The molecular weight excluding hydrogens is 929 g/mol. The van der Waals surface area contributed by atoms with Crippen molar-refractivity contribution in [1.82, 2.24) is 5.32 Å². The minimum atomic E-state index is -2.90. The molecule has 23 nitrogen and oxygen atoms in total. The van der Waals surface area contributed by atoms with Crippen LogP contribution in [0.2, 0.25) is 0 Å². The van der Waals surface area contributed by atoms with Crippen LogP contribution in [0.3, 0.4) is 0 Å². The van der Waals surface area contributed by atoms with E-state index in [0.717, 1.165) is 13.0 Å². The molecule has 0 aromatic heterocycles. The second-order valence-corrected chi connectivity index (χ2v) is 19.5. The van der Waals surface area contributed by atoms with Gasteiger partial charge in [-0.05, 0) is 53.2 Å². The van der Waals surface area contributed by atoms with Crippen molar-refractivity contribution in [2.45, 2.75) is 201 Å². The fourth-order valence-corrected chi connectivity index (χ4v) is 11.0. The molecule has 0 bridgehead atoms. The van der Waals surface area contributed by atoms with Gasteiger partial charge in [-0.2, -0.15) is 0 Å². The summed E-state index contributed by atoms with van der Waals surface area (Å²) >= 11 is 0. The van der Waals surface area contributed by atoms with Gasteiger partial charge in [-0.1, -0.05) is 12.2 Å². The molecule has 4 aliphatic heterocycles. The van der Waals surface area contributed by atoms with Gasteiger partial charge in [0.2, 0.25) is 6.29 Å². The largest absolute Gasteiger partial charge is 0.504 e. The number of Topliss-reactive ketones (excluding diaryl/α,β-unsaturated/α-hetero) is 2. The number of phenols is 1. The van der Waals surface area contributed by atoms with E-state index >= 15 is 0 Å². The number of carbonyl (C=O) groups is 4. The second-order valence-electron chi connectivity index (χ2n) is 19.5. The Bertz CT molecular complexity index is 2260. The lowest BCUT2D eigenvalue weighted by atomic mass is 9.56. The molecule has 4 fully saturated rings. The van der Waals surface area contributed by atoms with Crippen molar-refractivity contribution < 1.29 is 102 Å². The van der Waals surface area contributed by atoms with Crippen molar-refractivity contribution in [3.05, 3.63) is 46.6 Å². The number of phenolic OH excluding ortho intramolecular Hbond substituents is 1. The van der Waals surface area contributed by atoms with Crippen molar-refractivity contribution in [3.63, 3.8) is 0 Å². The summed E-state index contributed by atoms with van der Waals surface area (Å²) in [4.78, 5) is 53.4. The maximum atomic E-state index is 14.8. The molecule has 10 N–H and O–H groups in total. The molecule has 23 heteroatoms. The summed E-state index contributed by atoms with van der Waals surface area (Å²) in [7, 11) is 1.37. The number of nitrogens with one attached hydrogen (secondary N) is 1. The van der Waals surface area contributed by atoms with Crippen molar-refractivity contribution >= 4 is 23.6 Å². The van der Waals surface area contributed by atoms with Gasteiger partial charge in [-0.3, -0.25) is 14.4 Å². The minimum absolute atomic E-state index is 0.0613. The Hall–Kier alpha value is -4.18. The van der Waals surface area contributed by atoms with E-state index in [0.29, 0.717) is 12.8 Å². The summed E-state index contributed by atoms with van der Waals surface area (Å²) < 4.78 is 59.5. The fourth-order valence-electron chi connectivity index (χ4n) is 11.0. The summed E-state index contributed by atoms with van der Waals surface area (Å²) in [6.45, 7) is 9.12. The SMILES string of the molecule is CO[C@@H]1C[C@H](O[C@@H]2C=CC[C@@]3(O)[C@H](OC(C)=O)[C@H](O)C4=C(C(=O)c5ccc(O[C@H]6C[C@@H](O[C@H]7C[C@](C)(O)[C@H](O[C@H]8CC[C@H](NC(N)=O)[C@@H](C)O8)[C@@H](C)O7)[C@H](O)[C@@H](C)O6)c(O)c5C4=O)[C@@]23O)O[C@@H](C)[C@H]1O. The van der Waals surface area contributed by atoms with Crippen LogP contribution in [0.4, 0.5) is 4.79 Å². The van der Waals surface area contributed by atoms with Gasteiger partial charge < -0.3 is 94.2 Å². The molecule has 0 saturated carbocycles. The van der Waals surface area contributed by atoms with E-state index in [1.807, 2.05) is 0 Å². The highest BCUT2D eigenvalue weighted by atomic mass is 16.7. The Morgan fingerprint density at radius 2 is 1.44 bits per heavy atom. The maximum absolute atomic E-state index is 14.8. The Balaban J connectivity index is 1.01. The highest BCUT2D eigenvalue weighted by molar-refractivity contribution is 6.29. The molecule has 4 heterocycles. The Labute approximate surface area is 402 Å². The number of esters is 1. The lowest BCUT2D eigenvalue weighted by molar-refractivity contribution is -0.337. The molecule has 8 rings (SSSR count). The van der Waals surface area contributed by atoms with Crippen LogP contribution in [0.5, 0.6) is 11.5 Å². The second kappa shape index (κ2) is 19.7. The van der Waals surface area contributed by atoms with E-state index in [4.69, 9.17) is 53.1 Å². The molecular formula is C47H64N2O21. The van der Waals surface area contributed by atoms with Crippen molar-refractivity contribution in [1.29, 1.82) is 0 Å². The van der Waals surface area contributed by atoms with E-state index in [9.17, 15) is 54.9 Å². The summed E-state index contributed by atoms with van der Waals surface area (Å²) in [5.74, 6) is -4.50. The number of ketones is 2. The van der Waals surface area contributed by atoms with Gasteiger partial charge in [0.1, 0.15) is 36.1 Å². The van der Waals surface area contributed by atoms with Crippen molar-refractivity contribution in [2.24, 2.45) is 5.73 Å². The topological polar surface area (TPSA) is 340 Å². The van der Waals surface area contributed by atoms with E-state index in [2.05, 4.69) is 5.32 Å². The fraction of sp³-hybridized carbons (Fsp3) is 0.702. The zero-order valence-corrected chi connectivity index (χ0v) is 39.8. The molecule has 0 spiro atoms. The third kappa shape index (κ3) is 9.27. The van der Waals surface area contributed by atoms with Crippen LogP contribution in [0.1, 0.15) is 101 Å². The van der Waals surface area contributed by atoms with Gasteiger partial charge in [0, 0.05) is 62.8 Å². The van der Waals surface area contributed by atoms with Crippen molar-refractivity contribution in [2.75, 3.05) is 7.11 Å². The molecule has 7 aliphatic rings. The first kappa shape index (κ1) is 52.2. The number of urea groups is 1. The van der Waals surface area contributed by atoms with Crippen LogP contribution in [0, 0.1) is 0 Å². The number of hydrogen-bond acceptors (Lipinski definition) is 21. The molecule has 2 amide bonds. The van der Waals surface area contributed by atoms with Gasteiger partial charge in [-0.25, -0.2) is 4.79 Å². The number of carbonyl (C=O) groups excluding carboxylic acids is 4. The van der Waals surface area contributed by atoms with Crippen LogP contribution >= 0.6 is 0 Å². The number of benzene rings is 1. The molecule has 20 atom stereocenters. The number of aliphatic hydroxyl groups excluding tert-OH is 3. The molecule has 0 radical (unpaired) electrons. The standard InChI is InChI=1S/C47H64N2O21/c1-18-24(49-44(48)57)11-13-29(62-18)70-42-21(4)65-32(17-45(42,6)58)68-27-16-30(63-20(3)37(27)52)67-25-12-10-23-33(39(25)54)40(55)34-35(38(23)53)47(60)28(69-31-15-26(61-7)36(51)19(2)64-31)9-8-14-46(47,59)43(41(34)56)66-22(5)50/h8-10,12,18-21,24,26-32,36-37,41-43,51-52,54,56,58-60H,11,13-17H2,1-7H3,(H3,48,49,57)/t18-,19+,20-,21-,24+,26-,27-,28-,29+,30+,31+,32+,36-,37-,41-,42-,43-,45+,46-,47+/m1/s1. The molecule has 70 heavy (non-hydrogen) atoms. The van der Waals surface area contributed by atoms with Crippen LogP contribution in [0.15, 0.2) is 35.4 Å². The number of aromatic hydroxyl groups is 1. The number of primary amides is 1. The van der Waals surface area contributed by atoms with Crippen LogP contribution in [-0.4, -0.2) is 188 Å². The first-order valence-electron chi connectivity index (χ1n) is 23.5. The third-order valence-electron chi connectivity index (χ3n) is 14.6. The average Bonchev–Trinajstić information content (AvgIpc) is 3.27. The summed E-state index contributed by atoms with van der Waals surface area (Å²) in [5, 5.41) is 85.0. The molecule has 3 aliphatic carbocycles. The van der Waals surface area contributed by atoms with Crippen LogP contribution in [-0.2, 0) is 47.4 Å². The smallest absolute Gasteiger partial charge is 0.312 e. The van der Waals surface area contributed by atoms with E-state index in [1.54, 1.807) is 34.6 Å². The molecule has 4 saturated heterocycles. The number of aliphatic hydroxyl groups is 6. The van der Waals surface area contributed by atoms with Gasteiger partial charge in [0.05, 0.1) is 53.8 Å². The van der Waals surface area contributed by atoms with E-state index in [-0.39, 0.29) is 31.1 Å². The van der Waals surface area contributed by atoms with Crippen molar-refractivity contribution in [3.8, 4) is 11.5 Å². The summed E-state index contributed by atoms with van der Waals surface area (Å²) in [5.41, 5.74) is -4.45. The lowest BCUT2D eigenvalue weighted by Crippen LogP contribution is -2.76. The Morgan fingerprint density at radius 3 is 2.09 bits per heavy atom. The molecule has 1 aromatic rings. The van der Waals surface area contributed by atoms with E-state index < -0.39 is 173 Å². The predicted molar refractivity (Wildman–Crippen MR) is 235 cm³/mol. The molecule has 388 valence electrons. The van der Waals surface area contributed by atoms with Gasteiger partial charge in [-0.15, -0.1) is 0 Å². The van der Waals surface area contributed by atoms with Gasteiger partial charge in [0.25, 0.3) is 0 Å². The third-order valence-corrected chi connectivity index (χ3v) is 14.6. The number of amides is 2. The number of fused-ring (bicyclic) bond motifs is 3. The zero-order valence-electron chi connectivity index (χ0n) is 39.8. The number of ether oxygens (including phenoxy) is 10. The summed E-state index contributed by atoms with van der Waals surface area (Å²) in [6.07, 6.45) is -15.2. The first-order chi connectivity index (χ1) is 32.9. The highest BCUT2D eigenvalue weighted by Crippen LogP contribution is 2.54. The predicted octanol–water partition coefficient (Wildman–Crippen LogP) is -0.215. The van der Waals surface area contributed by atoms with E-state index in [1.165, 1.54) is 25.3 Å². The monoisotopic (exact) mass is 992 g/mol. The number of rotatable bonds is 11. The number of methoxy groups -OCH3 is 1. The van der Waals surface area contributed by atoms with Crippen LogP contribution < -0.4 is 15.8 Å². The minimum Gasteiger partial charge on any atom is -0.504 e. The average molecular weight is 993 g/mol. The van der Waals surface area contributed by atoms with Gasteiger partial charge >= 0.3 is 12.0 Å². The molecule has 1 aromatic carbocycles. The maximum Gasteiger partial charge on any atom is 0.312 e. The first-order valence-corrected chi connectivity index (χ1v) is 23.5. The van der Waals surface area contributed by atoms with Crippen LogP contribution in [0.25, 0.3) is 0 Å². The number of hydrogen-bond donors (Lipinski definition) is 9. The molecule has 0 unspecified atom stereocenters. The number of nitrogens with two attached hydrogens (primary N) is 1. The Kier molecular flexibility index (Phi) is 14.7. The summed E-state index contributed by atoms with van der Waals surface area (Å²) in [6, 6.07) is 1.35. The Morgan fingerprint density at radius 1 is 0.800 bits per heavy atom. The lowest BCUT2D eigenvalue weighted by Gasteiger charge is -2.57. The zero-order chi connectivity index (χ0) is 50.9. The normalized spacial score (nSPS) is 43.9. The van der Waals surface area contributed by atoms with Gasteiger partial charge in [0.15, 0.2) is 53.6 Å². The quantitative estimate of drug-likeness (QED) is 0.102. The highest BCUT2D eigenvalue weighted by Gasteiger charge is 2.71.